The fourth-order valence-corrected chi connectivity index (χ4v) is 2.56. The van der Waals surface area contributed by atoms with Gasteiger partial charge in [-0.3, -0.25) is 0 Å². The monoisotopic (exact) mass is 277 g/mol. The molecule has 0 amide bonds. The van der Waals surface area contributed by atoms with E-state index < -0.39 is 0 Å². The van der Waals surface area contributed by atoms with E-state index in [-0.39, 0.29) is 6.04 Å². The largest absolute Gasteiger partial charge is 0.469 e. The van der Waals surface area contributed by atoms with Crippen molar-refractivity contribution in [1.82, 2.24) is 5.32 Å². The van der Waals surface area contributed by atoms with Crippen LogP contribution in [0.15, 0.2) is 28.9 Å². The highest BCUT2D eigenvalue weighted by Crippen LogP contribution is 2.30. The number of hydrogen-bond donors (Lipinski definition) is 1. The Balaban J connectivity index is 2.47. The molecule has 1 aromatic heterocycles. The quantitative estimate of drug-likeness (QED) is 0.886. The maximum Gasteiger partial charge on any atom is 0.101 e. The van der Waals surface area contributed by atoms with Crippen LogP contribution in [0.1, 0.15) is 41.0 Å². The van der Waals surface area contributed by atoms with E-state index in [9.17, 15) is 0 Å². The van der Waals surface area contributed by atoms with Gasteiger partial charge in [-0.2, -0.15) is 0 Å². The van der Waals surface area contributed by atoms with Gasteiger partial charge >= 0.3 is 0 Å². The Labute approximate surface area is 119 Å². The van der Waals surface area contributed by atoms with E-state index >= 15 is 0 Å². The average Bonchev–Trinajstić information content (AvgIpc) is 2.78. The summed E-state index contributed by atoms with van der Waals surface area (Å²) in [5.41, 5.74) is 4.71. The van der Waals surface area contributed by atoms with Gasteiger partial charge in [0.15, 0.2) is 0 Å². The Morgan fingerprint density at radius 3 is 2.47 bits per heavy atom. The first kappa shape index (κ1) is 14.2. The predicted octanol–water partition coefficient (Wildman–Crippen LogP) is 4.56. The summed E-state index contributed by atoms with van der Waals surface area (Å²) >= 11 is 6.18. The van der Waals surface area contributed by atoms with Gasteiger partial charge in [0.1, 0.15) is 5.76 Å². The zero-order chi connectivity index (χ0) is 14.0. The number of benzene rings is 1. The zero-order valence-corrected chi connectivity index (χ0v) is 12.6. The summed E-state index contributed by atoms with van der Waals surface area (Å²) in [6.07, 6.45) is 1.83. The summed E-state index contributed by atoms with van der Waals surface area (Å²) < 4.78 is 5.44. The van der Waals surface area contributed by atoms with E-state index in [2.05, 4.69) is 31.3 Å². The summed E-state index contributed by atoms with van der Waals surface area (Å²) in [7, 11) is 0. The molecule has 19 heavy (non-hydrogen) atoms. The number of hydrogen-bond acceptors (Lipinski definition) is 2. The molecule has 1 atom stereocenters. The van der Waals surface area contributed by atoms with Crippen molar-refractivity contribution in [3.8, 4) is 0 Å². The Kier molecular flexibility index (Phi) is 4.33. The minimum atomic E-state index is 0.151. The Morgan fingerprint density at radius 2 is 1.89 bits per heavy atom. The number of aryl methyl sites for hydroxylation is 3. The van der Waals surface area contributed by atoms with Crippen LogP contribution in [0.3, 0.4) is 0 Å². The maximum absolute atomic E-state index is 6.18. The van der Waals surface area contributed by atoms with Crippen LogP contribution in [0.4, 0.5) is 0 Å². The van der Waals surface area contributed by atoms with Crippen molar-refractivity contribution in [1.29, 1.82) is 0 Å². The average molecular weight is 278 g/mol. The van der Waals surface area contributed by atoms with Gasteiger partial charge in [-0.1, -0.05) is 24.6 Å². The van der Waals surface area contributed by atoms with E-state index in [1.54, 1.807) is 0 Å². The molecule has 3 heteroatoms. The van der Waals surface area contributed by atoms with Crippen LogP contribution in [0.25, 0.3) is 0 Å². The molecule has 0 aliphatic rings. The smallest absolute Gasteiger partial charge is 0.101 e. The Morgan fingerprint density at radius 1 is 1.16 bits per heavy atom. The summed E-state index contributed by atoms with van der Waals surface area (Å²) in [6, 6.07) is 6.42. The zero-order valence-electron chi connectivity index (χ0n) is 11.9. The highest BCUT2D eigenvalue weighted by molar-refractivity contribution is 6.31. The van der Waals surface area contributed by atoms with E-state index in [1.165, 1.54) is 11.1 Å². The van der Waals surface area contributed by atoms with Crippen molar-refractivity contribution in [2.24, 2.45) is 0 Å². The lowest BCUT2D eigenvalue weighted by Crippen LogP contribution is -2.22. The summed E-state index contributed by atoms with van der Waals surface area (Å²) in [6.45, 7) is 9.10. The lowest BCUT2D eigenvalue weighted by molar-refractivity contribution is 0.525. The van der Waals surface area contributed by atoms with Crippen LogP contribution in [0.2, 0.25) is 5.02 Å². The molecule has 2 rings (SSSR count). The van der Waals surface area contributed by atoms with E-state index in [1.807, 2.05) is 26.2 Å². The number of halogens is 1. The molecule has 1 N–H and O–H groups in total. The molecule has 2 nitrogen and oxygen atoms in total. The topological polar surface area (TPSA) is 25.2 Å². The van der Waals surface area contributed by atoms with E-state index in [4.69, 9.17) is 16.0 Å². The third kappa shape index (κ3) is 3.02. The van der Waals surface area contributed by atoms with Crippen molar-refractivity contribution < 1.29 is 4.42 Å². The minimum Gasteiger partial charge on any atom is -0.469 e. The molecule has 2 aromatic rings. The molecule has 0 aliphatic carbocycles. The molecule has 1 heterocycles. The van der Waals surface area contributed by atoms with Crippen LogP contribution >= 0.6 is 11.6 Å². The molecular formula is C16H20ClNO. The standard InChI is InChI=1S/C16H20ClNO/c1-5-18-16(13-8-12(4)19-9-13)14-6-11(3)15(17)7-10(14)2/h6-9,16,18H,5H2,1-4H3. The molecule has 1 unspecified atom stereocenters. The molecule has 1 aromatic carbocycles. The van der Waals surface area contributed by atoms with Gasteiger partial charge in [-0.05, 0) is 56.1 Å². The van der Waals surface area contributed by atoms with E-state index in [0.29, 0.717) is 0 Å². The number of nitrogens with one attached hydrogen (secondary N) is 1. The fraction of sp³-hybridized carbons (Fsp3) is 0.375. The molecule has 0 bridgehead atoms. The maximum atomic E-state index is 6.18. The predicted molar refractivity (Wildman–Crippen MR) is 79.9 cm³/mol. The van der Waals surface area contributed by atoms with Gasteiger partial charge in [-0.15, -0.1) is 0 Å². The highest BCUT2D eigenvalue weighted by Gasteiger charge is 2.18. The van der Waals surface area contributed by atoms with Crippen LogP contribution < -0.4 is 5.32 Å². The molecule has 0 radical (unpaired) electrons. The van der Waals surface area contributed by atoms with Crippen molar-refractivity contribution in [3.63, 3.8) is 0 Å². The second-order valence-corrected chi connectivity index (χ2v) is 5.35. The third-order valence-electron chi connectivity index (χ3n) is 3.35. The molecule has 0 saturated heterocycles. The highest BCUT2D eigenvalue weighted by atomic mass is 35.5. The summed E-state index contributed by atoms with van der Waals surface area (Å²) in [4.78, 5) is 0. The first-order valence-electron chi connectivity index (χ1n) is 6.58. The molecule has 0 aliphatic heterocycles. The SMILES string of the molecule is CCNC(c1coc(C)c1)c1cc(C)c(Cl)cc1C. The Hall–Kier alpha value is -1.25. The van der Waals surface area contributed by atoms with Gasteiger partial charge in [0, 0.05) is 10.6 Å². The van der Waals surface area contributed by atoms with Crippen LogP contribution in [-0.2, 0) is 0 Å². The van der Waals surface area contributed by atoms with Crippen LogP contribution in [0, 0.1) is 20.8 Å². The number of rotatable bonds is 4. The first-order chi connectivity index (χ1) is 9.02. The lowest BCUT2D eigenvalue weighted by Gasteiger charge is -2.20. The van der Waals surface area contributed by atoms with E-state index in [0.717, 1.165) is 28.5 Å². The van der Waals surface area contributed by atoms with Crippen LogP contribution in [0.5, 0.6) is 0 Å². The van der Waals surface area contributed by atoms with Crippen molar-refractivity contribution >= 4 is 11.6 Å². The second kappa shape index (κ2) is 5.81. The number of furan rings is 1. The lowest BCUT2D eigenvalue weighted by atomic mass is 9.95. The first-order valence-corrected chi connectivity index (χ1v) is 6.95. The van der Waals surface area contributed by atoms with Crippen LogP contribution in [-0.4, -0.2) is 6.54 Å². The molecule has 102 valence electrons. The van der Waals surface area contributed by atoms with Gasteiger partial charge in [0.25, 0.3) is 0 Å². The van der Waals surface area contributed by atoms with Crippen molar-refractivity contribution in [2.45, 2.75) is 33.7 Å². The molecule has 0 fully saturated rings. The van der Waals surface area contributed by atoms with Gasteiger partial charge in [-0.25, -0.2) is 0 Å². The Bertz CT molecular complexity index is 574. The fourth-order valence-electron chi connectivity index (χ4n) is 2.34. The second-order valence-electron chi connectivity index (χ2n) is 4.94. The van der Waals surface area contributed by atoms with Gasteiger partial charge < -0.3 is 9.73 Å². The van der Waals surface area contributed by atoms with Crippen molar-refractivity contribution in [2.75, 3.05) is 6.54 Å². The third-order valence-corrected chi connectivity index (χ3v) is 3.76. The van der Waals surface area contributed by atoms with Gasteiger partial charge in [0.2, 0.25) is 0 Å². The van der Waals surface area contributed by atoms with Crippen molar-refractivity contribution in [3.05, 3.63) is 57.5 Å². The molecular weight excluding hydrogens is 258 g/mol. The summed E-state index contributed by atoms with van der Waals surface area (Å²) in [5, 5.41) is 4.33. The minimum absolute atomic E-state index is 0.151. The summed E-state index contributed by atoms with van der Waals surface area (Å²) in [5.74, 6) is 0.932. The normalized spacial score (nSPS) is 12.7. The van der Waals surface area contributed by atoms with Gasteiger partial charge in [0.05, 0.1) is 12.3 Å². The molecule has 0 saturated carbocycles. The molecule has 0 spiro atoms.